The monoisotopic (exact) mass is 696 g/mol. The van der Waals surface area contributed by atoms with Crippen LogP contribution in [0.25, 0.3) is 38.6 Å². The lowest BCUT2D eigenvalue weighted by Gasteiger charge is -2.36. The van der Waals surface area contributed by atoms with Gasteiger partial charge < -0.3 is 10.2 Å². The Balaban J connectivity index is 1.02. The normalized spacial score (nSPS) is 16.6. The first kappa shape index (κ1) is 33.5. The van der Waals surface area contributed by atoms with Crippen LogP contribution in [0.1, 0.15) is 48.8 Å². The van der Waals surface area contributed by atoms with Gasteiger partial charge in [0, 0.05) is 33.7 Å². The van der Waals surface area contributed by atoms with Gasteiger partial charge >= 0.3 is 0 Å². The predicted molar refractivity (Wildman–Crippen MR) is 232 cm³/mol. The second kappa shape index (κ2) is 15.3. The molecule has 0 saturated carbocycles. The van der Waals surface area contributed by atoms with Gasteiger partial charge in [-0.05, 0) is 113 Å². The van der Waals surface area contributed by atoms with Gasteiger partial charge in [-0.15, -0.1) is 0 Å². The van der Waals surface area contributed by atoms with E-state index in [0.29, 0.717) is 0 Å². The quantitative estimate of drug-likeness (QED) is 0.162. The Morgan fingerprint density at radius 1 is 0.556 bits per heavy atom. The molecule has 0 amide bonds. The summed E-state index contributed by atoms with van der Waals surface area (Å²) < 4.78 is 0. The summed E-state index contributed by atoms with van der Waals surface area (Å²) in [5, 5.41) is 6.24. The Bertz CT molecular complexity index is 2470. The van der Waals surface area contributed by atoms with Crippen molar-refractivity contribution in [2.45, 2.75) is 38.1 Å². The maximum atomic E-state index is 3.80. The molecule has 3 aliphatic rings. The number of anilines is 3. The number of benzene rings is 6. The largest absolute Gasteiger partial charge is 0.355 e. The van der Waals surface area contributed by atoms with Crippen LogP contribution in [0.2, 0.25) is 0 Å². The van der Waals surface area contributed by atoms with Gasteiger partial charge in [0.25, 0.3) is 0 Å². The number of allylic oxidation sites excluding steroid dienone is 10. The van der Waals surface area contributed by atoms with E-state index in [1.165, 1.54) is 66.7 Å². The third-order valence-corrected chi connectivity index (χ3v) is 11.0. The van der Waals surface area contributed by atoms with Gasteiger partial charge in [0.05, 0.1) is 6.04 Å². The second-order valence-electron chi connectivity index (χ2n) is 14.4. The van der Waals surface area contributed by atoms with Crippen LogP contribution in [-0.2, 0) is 0 Å². The molecule has 0 aromatic heterocycles. The number of hydrogen-bond acceptors (Lipinski definition) is 2. The molecule has 2 heteroatoms. The van der Waals surface area contributed by atoms with Crippen LogP contribution < -0.4 is 10.2 Å². The third-order valence-electron chi connectivity index (χ3n) is 11.0. The van der Waals surface area contributed by atoms with Crippen LogP contribution in [0.5, 0.6) is 0 Å². The Morgan fingerprint density at radius 3 is 2.02 bits per heavy atom. The van der Waals surface area contributed by atoms with Crippen molar-refractivity contribution in [1.82, 2.24) is 0 Å². The van der Waals surface area contributed by atoms with Crippen LogP contribution >= 0.6 is 0 Å². The van der Waals surface area contributed by atoms with Gasteiger partial charge in [-0.3, -0.25) is 0 Å². The maximum absolute atomic E-state index is 3.80. The summed E-state index contributed by atoms with van der Waals surface area (Å²) in [6.07, 6.45) is 23.8. The van der Waals surface area contributed by atoms with E-state index in [2.05, 4.69) is 204 Å². The molecule has 1 unspecified atom stereocenters. The van der Waals surface area contributed by atoms with E-state index >= 15 is 0 Å². The molecule has 0 aliphatic heterocycles. The van der Waals surface area contributed by atoms with Crippen LogP contribution in [0.3, 0.4) is 0 Å². The van der Waals surface area contributed by atoms with Gasteiger partial charge in [0.2, 0.25) is 0 Å². The zero-order chi connectivity index (χ0) is 36.1. The van der Waals surface area contributed by atoms with Crippen molar-refractivity contribution < 1.29 is 0 Å². The molecule has 1 atom stereocenters. The minimum atomic E-state index is 0.218. The van der Waals surface area contributed by atoms with E-state index in [1.807, 2.05) is 0 Å². The van der Waals surface area contributed by atoms with Crippen LogP contribution in [0.4, 0.5) is 17.1 Å². The van der Waals surface area contributed by atoms with E-state index in [4.69, 9.17) is 0 Å². The van der Waals surface area contributed by atoms with Crippen LogP contribution in [-0.4, -0.2) is 6.04 Å². The molecule has 0 saturated heterocycles. The standard InChI is InChI=1S/C52H44N2/c1-4-13-38(14-5-1)40-23-30-46(31-24-40)54(47-32-25-41(26-33-47)39-15-6-2-7-16-39)48-34-27-42(28-35-48)45-29-36-52(50(37-45)44-17-8-3-9-18-44)53-51-22-12-20-43-19-10-11-21-49(43)51/h1-6,8-15,17-23,25-30,32-34,36-37,48,53H,7,16,24,31,35H2. The maximum Gasteiger partial charge on any atom is 0.0557 e. The highest BCUT2D eigenvalue weighted by Crippen LogP contribution is 2.39. The molecule has 2 nitrogen and oxygen atoms in total. The van der Waals surface area contributed by atoms with Crippen molar-refractivity contribution >= 4 is 44.6 Å². The Hall–Kier alpha value is -6.38. The summed E-state index contributed by atoms with van der Waals surface area (Å²) in [5.41, 5.74) is 15.2. The number of hydrogen-bond donors (Lipinski definition) is 1. The van der Waals surface area contributed by atoms with Crippen molar-refractivity contribution in [2.24, 2.45) is 0 Å². The van der Waals surface area contributed by atoms with Gasteiger partial charge in [0.15, 0.2) is 0 Å². The van der Waals surface area contributed by atoms with Crippen molar-refractivity contribution in [3.63, 3.8) is 0 Å². The zero-order valence-corrected chi connectivity index (χ0v) is 30.5. The molecule has 0 spiro atoms. The molecule has 0 heterocycles. The smallest absolute Gasteiger partial charge is 0.0557 e. The lowest BCUT2D eigenvalue weighted by molar-refractivity contribution is 0.724. The molecule has 1 N–H and O–H groups in total. The summed E-state index contributed by atoms with van der Waals surface area (Å²) in [6.45, 7) is 0. The number of rotatable bonds is 9. The van der Waals surface area contributed by atoms with Crippen LogP contribution in [0.15, 0.2) is 200 Å². The molecule has 9 rings (SSSR count). The fourth-order valence-electron chi connectivity index (χ4n) is 8.15. The topological polar surface area (TPSA) is 15.3 Å². The zero-order valence-electron chi connectivity index (χ0n) is 30.5. The fraction of sp³-hybridized carbons (Fsp3) is 0.115. The van der Waals surface area contributed by atoms with E-state index in [9.17, 15) is 0 Å². The number of fused-ring (bicyclic) bond motifs is 1. The second-order valence-corrected chi connectivity index (χ2v) is 14.4. The molecule has 0 bridgehead atoms. The van der Waals surface area contributed by atoms with Gasteiger partial charge in [-0.2, -0.15) is 0 Å². The predicted octanol–water partition coefficient (Wildman–Crippen LogP) is 14.0. The van der Waals surface area contributed by atoms with Crippen molar-refractivity contribution in [2.75, 3.05) is 10.2 Å². The average Bonchev–Trinajstić information content (AvgIpc) is 3.26. The fourth-order valence-corrected chi connectivity index (χ4v) is 8.15. The summed E-state index contributed by atoms with van der Waals surface area (Å²) >= 11 is 0. The first-order chi connectivity index (χ1) is 26.8. The lowest BCUT2D eigenvalue weighted by atomic mass is 9.91. The molecule has 0 radical (unpaired) electrons. The van der Waals surface area contributed by atoms with E-state index in [-0.39, 0.29) is 6.04 Å². The minimum Gasteiger partial charge on any atom is -0.355 e. The molecule has 262 valence electrons. The Morgan fingerprint density at radius 2 is 1.28 bits per heavy atom. The van der Waals surface area contributed by atoms with Crippen molar-refractivity contribution in [1.29, 1.82) is 0 Å². The molecular formula is C52H44N2. The van der Waals surface area contributed by atoms with Crippen molar-refractivity contribution in [3.05, 3.63) is 217 Å². The Kier molecular flexibility index (Phi) is 9.48. The molecule has 6 aromatic carbocycles. The first-order valence-electron chi connectivity index (χ1n) is 19.3. The number of nitrogens with zero attached hydrogens (tertiary/aromatic N) is 1. The van der Waals surface area contributed by atoms with Gasteiger partial charge in [-0.25, -0.2) is 0 Å². The van der Waals surface area contributed by atoms with E-state index in [0.717, 1.165) is 43.5 Å². The van der Waals surface area contributed by atoms with Gasteiger partial charge in [0.1, 0.15) is 0 Å². The highest BCUT2D eigenvalue weighted by molar-refractivity contribution is 5.97. The Labute approximate surface area is 319 Å². The summed E-state index contributed by atoms with van der Waals surface area (Å²) in [7, 11) is 0. The molecule has 0 fully saturated rings. The SMILES string of the molecule is C1=CCCC(c2ccc(N(C3=CC=C(c4ccccc4)CC3)C3C=CC(c4ccc(Nc5cccc6ccccc56)c(-c5ccccc5)c4)=CC3)cc2)=C1. The molecule has 6 aromatic rings. The first-order valence-corrected chi connectivity index (χ1v) is 19.3. The summed E-state index contributed by atoms with van der Waals surface area (Å²) in [4.78, 5) is 2.58. The highest BCUT2D eigenvalue weighted by Gasteiger charge is 2.24. The minimum absolute atomic E-state index is 0.218. The summed E-state index contributed by atoms with van der Waals surface area (Å²) in [6, 6.07) is 52.9. The molecular weight excluding hydrogens is 653 g/mol. The van der Waals surface area contributed by atoms with E-state index in [1.54, 1.807) is 0 Å². The van der Waals surface area contributed by atoms with Crippen molar-refractivity contribution in [3.8, 4) is 11.1 Å². The highest BCUT2D eigenvalue weighted by atomic mass is 15.2. The lowest BCUT2D eigenvalue weighted by Crippen LogP contribution is -2.34. The van der Waals surface area contributed by atoms with E-state index < -0.39 is 0 Å². The third kappa shape index (κ3) is 7.04. The molecule has 3 aliphatic carbocycles. The summed E-state index contributed by atoms with van der Waals surface area (Å²) in [5.74, 6) is 0. The average molecular weight is 697 g/mol. The molecule has 54 heavy (non-hydrogen) atoms. The van der Waals surface area contributed by atoms with Gasteiger partial charge in [-0.1, -0.05) is 158 Å². The van der Waals surface area contributed by atoms with Crippen LogP contribution in [0, 0.1) is 0 Å². The number of nitrogens with one attached hydrogen (secondary N) is 1.